The van der Waals surface area contributed by atoms with Gasteiger partial charge in [-0.25, -0.2) is 4.98 Å². The first-order valence-electron chi connectivity index (χ1n) is 8.80. The molecule has 0 amide bonds. The zero-order valence-electron chi connectivity index (χ0n) is 14.2. The largest absolute Gasteiger partial charge is 0.504 e. The number of phenols is 2. The number of aryl methyl sites for hydroxylation is 2. The van der Waals surface area contributed by atoms with Gasteiger partial charge in [0.25, 0.3) is 0 Å². The highest BCUT2D eigenvalue weighted by Crippen LogP contribution is 2.51. The molecule has 5 rings (SSSR count). The number of phenolic OH excluding ortho intramolecular Hbond substituents is 2. The van der Waals surface area contributed by atoms with Crippen LogP contribution in [0, 0.1) is 5.92 Å². The van der Waals surface area contributed by atoms with Crippen molar-refractivity contribution < 1.29 is 10.2 Å². The molecule has 2 aromatic carbocycles. The molecule has 2 aliphatic carbocycles. The fourth-order valence-electron chi connectivity index (χ4n) is 4.38. The summed E-state index contributed by atoms with van der Waals surface area (Å²) in [6.07, 6.45) is 4.31. The molecule has 3 aromatic rings. The Bertz CT molecular complexity index is 954. The van der Waals surface area contributed by atoms with Gasteiger partial charge in [0.1, 0.15) is 5.01 Å². The highest BCUT2D eigenvalue weighted by molar-refractivity contribution is 8.93. The number of aromatic hydroxyl groups is 2. The zero-order valence-corrected chi connectivity index (χ0v) is 16.7. The van der Waals surface area contributed by atoms with Gasteiger partial charge in [0, 0.05) is 16.4 Å². The van der Waals surface area contributed by atoms with Crippen molar-refractivity contribution in [3.63, 3.8) is 0 Å². The molecule has 0 aliphatic heterocycles. The monoisotopic (exact) mass is 429 g/mol. The lowest BCUT2D eigenvalue weighted by atomic mass is 9.69. The lowest BCUT2D eigenvalue weighted by Crippen LogP contribution is -2.26. The third-order valence-corrected chi connectivity index (χ3v) is 6.84. The van der Waals surface area contributed by atoms with E-state index in [1.54, 1.807) is 23.5 Å². The second-order valence-corrected chi connectivity index (χ2v) is 8.08. The molecular weight excluding hydrogens is 410 g/mol. The second kappa shape index (κ2) is 6.71. The van der Waals surface area contributed by atoms with Gasteiger partial charge in [-0.05, 0) is 54.9 Å². The van der Waals surface area contributed by atoms with Crippen LogP contribution in [-0.2, 0) is 12.8 Å². The number of benzene rings is 2. The van der Waals surface area contributed by atoms with Crippen LogP contribution in [0.3, 0.4) is 0 Å². The predicted octanol–water partition coefficient (Wildman–Crippen LogP) is 5.44. The van der Waals surface area contributed by atoms with Crippen LogP contribution in [0.25, 0.3) is 10.6 Å². The first-order valence-corrected chi connectivity index (χ1v) is 9.62. The van der Waals surface area contributed by atoms with Crippen molar-refractivity contribution in [2.45, 2.75) is 31.6 Å². The van der Waals surface area contributed by atoms with E-state index in [1.165, 1.54) is 27.3 Å². The minimum absolute atomic E-state index is 0. The quantitative estimate of drug-likeness (QED) is 0.506. The average molecular weight is 430 g/mol. The molecule has 2 aliphatic rings. The maximum absolute atomic E-state index is 10.0. The lowest BCUT2D eigenvalue weighted by molar-refractivity contribution is 0.358. The highest BCUT2D eigenvalue weighted by atomic mass is 79.9. The topological polar surface area (TPSA) is 53.4 Å². The molecule has 0 radical (unpaired) electrons. The first-order chi connectivity index (χ1) is 12.2. The van der Waals surface area contributed by atoms with Crippen molar-refractivity contribution in [1.82, 2.24) is 4.98 Å². The van der Waals surface area contributed by atoms with Crippen molar-refractivity contribution in [2.75, 3.05) is 0 Å². The summed E-state index contributed by atoms with van der Waals surface area (Å²) in [4.78, 5) is 6.28. The lowest BCUT2D eigenvalue weighted by Gasteiger charge is -2.36. The maximum atomic E-state index is 10.0. The summed E-state index contributed by atoms with van der Waals surface area (Å²) in [6, 6.07) is 13.9. The van der Waals surface area contributed by atoms with Crippen molar-refractivity contribution >= 4 is 28.3 Å². The van der Waals surface area contributed by atoms with Gasteiger partial charge in [-0.2, -0.15) is 0 Å². The van der Waals surface area contributed by atoms with Crippen molar-refractivity contribution in [1.29, 1.82) is 0 Å². The van der Waals surface area contributed by atoms with Gasteiger partial charge in [0.2, 0.25) is 0 Å². The molecular formula is C21H20BrNO2S. The molecule has 0 saturated heterocycles. The first kappa shape index (κ1) is 17.6. The normalized spacial score (nSPS) is 20.5. The Morgan fingerprint density at radius 2 is 1.69 bits per heavy atom. The Labute approximate surface area is 167 Å². The van der Waals surface area contributed by atoms with Gasteiger partial charge in [-0.15, -0.1) is 28.3 Å². The molecule has 1 heterocycles. The summed E-state index contributed by atoms with van der Waals surface area (Å²) >= 11 is 1.79. The van der Waals surface area contributed by atoms with E-state index in [0.29, 0.717) is 11.8 Å². The van der Waals surface area contributed by atoms with Crippen molar-refractivity contribution in [2.24, 2.45) is 5.92 Å². The van der Waals surface area contributed by atoms with Gasteiger partial charge < -0.3 is 10.2 Å². The van der Waals surface area contributed by atoms with E-state index in [-0.39, 0.29) is 28.5 Å². The van der Waals surface area contributed by atoms with Crippen LogP contribution in [0.2, 0.25) is 0 Å². The van der Waals surface area contributed by atoms with Crippen LogP contribution >= 0.6 is 28.3 Å². The summed E-state index contributed by atoms with van der Waals surface area (Å²) in [7, 11) is 0. The van der Waals surface area contributed by atoms with E-state index in [0.717, 1.165) is 30.7 Å². The van der Waals surface area contributed by atoms with E-state index in [2.05, 4.69) is 24.3 Å². The molecule has 3 nitrogen and oxygen atoms in total. The van der Waals surface area contributed by atoms with Crippen LogP contribution in [0.1, 0.15) is 40.5 Å². The molecule has 2 N–H and O–H groups in total. The summed E-state index contributed by atoms with van der Waals surface area (Å²) in [6.45, 7) is 0. The van der Waals surface area contributed by atoms with Crippen molar-refractivity contribution in [3.8, 4) is 22.1 Å². The Balaban J connectivity index is 0.00000168. The Kier molecular flexibility index (Phi) is 4.53. The Morgan fingerprint density at radius 1 is 0.962 bits per heavy atom. The predicted molar refractivity (Wildman–Crippen MR) is 110 cm³/mol. The number of thiazole rings is 1. The van der Waals surface area contributed by atoms with E-state index in [4.69, 9.17) is 4.98 Å². The third-order valence-electron chi connectivity index (χ3n) is 5.61. The van der Waals surface area contributed by atoms with Gasteiger partial charge in [-0.1, -0.05) is 30.3 Å². The molecule has 5 heteroatoms. The molecule has 2 atom stereocenters. The zero-order chi connectivity index (χ0) is 17.0. The Morgan fingerprint density at radius 3 is 2.50 bits per heavy atom. The SMILES string of the molecule is Br.Oc1cc2c(cc1O)[C@@H]1c3sc(-c4ccccc4)nc3CC[C@H]1CC2. The molecule has 1 aromatic heterocycles. The fourth-order valence-corrected chi connectivity index (χ4v) is 5.71. The smallest absolute Gasteiger partial charge is 0.157 e. The number of halogens is 1. The summed E-state index contributed by atoms with van der Waals surface area (Å²) < 4.78 is 0. The third kappa shape index (κ3) is 2.74. The minimum atomic E-state index is -0.0145. The van der Waals surface area contributed by atoms with Gasteiger partial charge in [0.15, 0.2) is 11.5 Å². The molecule has 0 unspecified atom stereocenters. The molecule has 0 bridgehead atoms. The van der Waals surface area contributed by atoms with E-state index >= 15 is 0 Å². The Hall–Kier alpha value is -1.85. The van der Waals surface area contributed by atoms with E-state index in [9.17, 15) is 10.2 Å². The van der Waals surface area contributed by atoms with Gasteiger partial charge >= 0.3 is 0 Å². The summed E-state index contributed by atoms with van der Waals surface area (Å²) in [5.41, 5.74) is 4.73. The van der Waals surface area contributed by atoms with Gasteiger partial charge in [-0.3, -0.25) is 0 Å². The van der Waals surface area contributed by atoms with Gasteiger partial charge in [0.05, 0.1) is 5.69 Å². The minimum Gasteiger partial charge on any atom is -0.504 e. The van der Waals surface area contributed by atoms with Crippen LogP contribution in [0.15, 0.2) is 42.5 Å². The molecule has 0 fully saturated rings. The number of fused-ring (bicyclic) bond motifs is 5. The van der Waals surface area contributed by atoms with Crippen LogP contribution in [-0.4, -0.2) is 15.2 Å². The van der Waals surface area contributed by atoms with E-state index in [1.807, 2.05) is 6.07 Å². The highest BCUT2D eigenvalue weighted by Gasteiger charge is 2.38. The number of rotatable bonds is 1. The second-order valence-electron chi connectivity index (χ2n) is 7.05. The summed E-state index contributed by atoms with van der Waals surface area (Å²) in [5.74, 6) is 0.879. The molecule has 0 spiro atoms. The van der Waals surface area contributed by atoms with Crippen molar-refractivity contribution in [3.05, 3.63) is 64.2 Å². The number of hydrogen-bond donors (Lipinski definition) is 2. The fraction of sp³-hybridized carbons (Fsp3) is 0.286. The van der Waals surface area contributed by atoms with E-state index < -0.39 is 0 Å². The molecule has 134 valence electrons. The summed E-state index contributed by atoms with van der Waals surface area (Å²) in [5, 5.41) is 21.0. The van der Waals surface area contributed by atoms with Crippen LogP contribution in [0.5, 0.6) is 11.5 Å². The van der Waals surface area contributed by atoms with Crippen LogP contribution in [0.4, 0.5) is 0 Å². The molecule has 0 saturated carbocycles. The maximum Gasteiger partial charge on any atom is 0.157 e. The standard InChI is InChI=1S/C21H19NO2S.BrH/c23-17-10-14-7-6-12-8-9-16-20(19(12)15(14)11-18(17)24)25-21(22-16)13-4-2-1-3-5-13;/h1-5,10-12,19,23-24H,6-9H2;1H/t12-,19-;/m1./s1. The molecule has 26 heavy (non-hydrogen) atoms. The van der Waals surface area contributed by atoms with Crippen LogP contribution < -0.4 is 0 Å². The average Bonchev–Trinajstić information content (AvgIpc) is 3.07. The number of hydrogen-bond acceptors (Lipinski definition) is 4. The number of nitrogens with zero attached hydrogens (tertiary/aromatic N) is 1. The number of aromatic nitrogens is 1.